The number of carbonyl (C=O) groups excluding carboxylic acids is 1. The highest BCUT2D eigenvalue weighted by Gasteiger charge is 2.22. The van der Waals surface area contributed by atoms with E-state index in [1.807, 2.05) is 0 Å². The van der Waals surface area contributed by atoms with E-state index >= 15 is 0 Å². The summed E-state index contributed by atoms with van der Waals surface area (Å²) in [6, 6.07) is -1.23. The molecule has 0 aromatic heterocycles. The third-order valence-electron chi connectivity index (χ3n) is 2.54. The number of carbonyl (C=O) groups is 2. The normalized spacial score (nSPS) is 12.2. The van der Waals surface area contributed by atoms with Crippen molar-refractivity contribution >= 4 is 12.0 Å². The Balaban J connectivity index is 3.80. The number of carboxylic acid groups (broad SMARTS) is 1. The molecule has 5 nitrogen and oxygen atoms in total. The Morgan fingerprint density at radius 3 is 2.29 bits per heavy atom. The molecule has 17 heavy (non-hydrogen) atoms. The van der Waals surface area contributed by atoms with E-state index < -0.39 is 18.0 Å². The quantitative estimate of drug-likeness (QED) is 0.571. The van der Waals surface area contributed by atoms with Crippen molar-refractivity contribution in [3.05, 3.63) is 0 Å². The molecule has 0 aliphatic carbocycles. The van der Waals surface area contributed by atoms with Crippen LogP contribution < -0.4 is 10.6 Å². The second-order valence-corrected chi connectivity index (χ2v) is 4.52. The van der Waals surface area contributed by atoms with Gasteiger partial charge in [0.05, 0.1) is 0 Å². The summed E-state index contributed by atoms with van der Waals surface area (Å²) in [5.41, 5.74) is 0. The molecule has 0 aromatic carbocycles. The molecular weight excluding hydrogens is 220 g/mol. The monoisotopic (exact) mass is 244 g/mol. The zero-order chi connectivity index (χ0) is 13.3. The van der Waals surface area contributed by atoms with Gasteiger partial charge in [-0.25, -0.2) is 9.59 Å². The van der Waals surface area contributed by atoms with Crippen LogP contribution in [0, 0.1) is 5.92 Å². The Morgan fingerprint density at radius 2 is 1.82 bits per heavy atom. The molecule has 5 heteroatoms. The third kappa shape index (κ3) is 7.60. The number of unbranched alkanes of at least 4 members (excludes halogenated alkanes) is 3. The van der Waals surface area contributed by atoms with E-state index in [0.29, 0.717) is 6.54 Å². The van der Waals surface area contributed by atoms with Gasteiger partial charge in [-0.1, -0.05) is 40.0 Å². The molecule has 0 aliphatic rings. The predicted octanol–water partition coefficient (Wildman–Crippen LogP) is 1.98. The minimum absolute atomic E-state index is 0.127. The van der Waals surface area contributed by atoms with E-state index in [-0.39, 0.29) is 5.92 Å². The van der Waals surface area contributed by atoms with Gasteiger partial charge in [-0.3, -0.25) is 0 Å². The van der Waals surface area contributed by atoms with Gasteiger partial charge in [-0.05, 0) is 12.3 Å². The maximum atomic E-state index is 11.4. The van der Waals surface area contributed by atoms with Gasteiger partial charge in [0.15, 0.2) is 0 Å². The van der Waals surface area contributed by atoms with Crippen LogP contribution in [0.15, 0.2) is 0 Å². The van der Waals surface area contributed by atoms with Crippen molar-refractivity contribution in [1.82, 2.24) is 10.6 Å². The first-order chi connectivity index (χ1) is 7.99. The third-order valence-corrected chi connectivity index (χ3v) is 2.54. The smallest absolute Gasteiger partial charge is 0.326 e. The number of rotatable bonds is 8. The zero-order valence-corrected chi connectivity index (χ0v) is 11.0. The fourth-order valence-corrected chi connectivity index (χ4v) is 1.46. The lowest BCUT2D eigenvalue weighted by atomic mass is 10.1. The fraction of sp³-hybridized carbons (Fsp3) is 0.833. The van der Waals surface area contributed by atoms with Crippen molar-refractivity contribution in [1.29, 1.82) is 0 Å². The van der Waals surface area contributed by atoms with Crippen LogP contribution in [0.1, 0.15) is 46.5 Å². The first-order valence-electron chi connectivity index (χ1n) is 6.26. The molecule has 0 rings (SSSR count). The van der Waals surface area contributed by atoms with Gasteiger partial charge < -0.3 is 15.7 Å². The van der Waals surface area contributed by atoms with Gasteiger partial charge in [0.25, 0.3) is 0 Å². The van der Waals surface area contributed by atoms with Crippen LogP contribution in [0.2, 0.25) is 0 Å². The highest BCUT2D eigenvalue weighted by Crippen LogP contribution is 2.01. The van der Waals surface area contributed by atoms with Gasteiger partial charge in [-0.15, -0.1) is 0 Å². The van der Waals surface area contributed by atoms with Crippen LogP contribution in [0.3, 0.4) is 0 Å². The van der Waals surface area contributed by atoms with Crippen molar-refractivity contribution in [3.8, 4) is 0 Å². The molecule has 0 saturated heterocycles. The summed E-state index contributed by atoms with van der Waals surface area (Å²) < 4.78 is 0. The van der Waals surface area contributed by atoms with Crippen LogP contribution in [-0.2, 0) is 4.79 Å². The van der Waals surface area contributed by atoms with Crippen LogP contribution in [0.5, 0.6) is 0 Å². The lowest BCUT2D eigenvalue weighted by molar-refractivity contribution is -0.140. The van der Waals surface area contributed by atoms with E-state index in [9.17, 15) is 9.59 Å². The summed E-state index contributed by atoms with van der Waals surface area (Å²) in [5.74, 6) is -1.13. The maximum Gasteiger partial charge on any atom is 0.326 e. The Morgan fingerprint density at radius 1 is 1.18 bits per heavy atom. The predicted molar refractivity (Wildman–Crippen MR) is 66.9 cm³/mol. The maximum absolute atomic E-state index is 11.4. The van der Waals surface area contributed by atoms with Crippen LogP contribution >= 0.6 is 0 Å². The molecule has 0 bridgehead atoms. The Bertz CT molecular complexity index is 242. The number of hydrogen-bond donors (Lipinski definition) is 3. The fourth-order valence-electron chi connectivity index (χ4n) is 1.46. The van der Waals surface area contributed by atoms with Crippen LogP contribution in [-0.4, -0.2) is 29.7 Å². The van der Waals surface area contributed by atoms with Gasteiger partial charge >= 0.3 is 12.0 Å². The van der Waals surface area contributed by atoms with E-state index in [0.717, 1.165) is 25.7 Å². The number of urea groups is 1. The van der Waals surface area contributed by atoms with Crippen molar-refractivity contribution < 1.29 is 14.7 Å². The van der Waals surface area contributed by atoms with Crippen molar-refractivity contribution in [2.24, 2.45) is 5.92 Å². The minimum atomic E-state index is -0.999. The summed E-state index contributed by atoms with van der Waals surface area (Å²) in [6.45, 7) is 6.25. The van der Waals surface area contributed by atoms with E-state index in [1.54, 1.807) is 13.8 Å². The molecule has 1 atom stereocenters. The molecule has 0 heterocycles. The molecule has 100 valence electrons. The lowest BCUT2D eigenvalue weighted by Gasteiger charge is -2.18. The number of carboxylic acids is 1. The molecule has 2 amide bonds. The second kappa shape index (κ2) is 8.84. The Hall–Kier alpha value is -1.26. The van der Waals surface area contributed by atoms with Crippen molar-refractivity contribution in [2.45, 2.75) is 52.5 Å². The molecule has 0 aromatic rings. The topological polar surface area (TPSA) is 78.4 Å². The number of aliphatic carboxylic acids is 1. The second-order valence-electron chi connectivity index (χ2n) is 4.52. The summed E-state index contributed by atoms with van der Waals surface area (Å²) in [5, 5.41) is 14.0. The van der Waals surface area contributed by atoms with Crippen LogP contribution in [0.25, 0.3) is 0 Å². The highest BCUT2D eigenvalue weighted by molar-refractivity contribution is 5.82. The van der Waals surface area contributed by atoms with Gasteiger partial charge in [0.2, 0.25) is 0 Å². The molecule has 0 spiro atoms. The molecule has 0 fully saturated rings. The molecule has 0 aliphatic heterocycles. The van der Waals surface area contributed by atoms with Gasteiger partial charge in [0.1, 0.15) is 6.04 Å². The molecule has 0 saturated carbocycles. The van der Waals surface area contributed by atoms with E-state index in [4.69, 9.17) is 5.11 Å². The summed E-state index contributed by atoms with van der Waals surface area (Å²) in [4.78, 5) is 22.3. The SMILES string of the molecule is CCCCCCNC(=O)NC(C(=O)O)C(C)C. The Kier molecular flexibility index (Phi) is 8.19. The standard InChI is InChI=1S/C12H24N2O3/c1-4-5-6-7-8-13-12(17)14-10(9(2)3)11(15)16/h9-10H,4-8H2,1-3H3,(H,15,16)(H2,13,14,17). The average Bonchev–Trinajstić information content (AvgIpc) is 2.24. The molecule has 3 N–H and O–H groups in total. The minimum Gasteiger partial charge on any atom is -0.480 e. The zero-order valence-electron chi connectivity index (χ0n) is 11.0. The highest BCUT2D eigenvalue weighted by atomic mass is 16.4. The number of nitrogens with one attached hydrogen (secondary N) is 2. The molecule has 1 unspecified atom stereocenters. The first-order valence-corrected chi connectivity index (χ1v) is 6.26. The van der Waals surface area contributed by atoms with Crippen molar-refractivity contribution in [2.75, 3.05) is 6.54 Å². The summed E-state index contributed by atoms with van der Waals surface area (Å²) >= 11 is 0. The Labute approximate surface area is 103 Å². The number of amides is 2. The lowest BCUT2D eigenvalue weighted by Crippen LogP contribution is -2.48. The molecule has 0 radical (unpaired) electrons. The number of hydrogen-bond acceptors (Lipinski definition) is 2. The largest absolute Gasteiger partial charge is 0.480 e. The van der Waals surface area contributed by atoms with Crippen molar-refractivity contribution in [3.63, 3.8) is 0 Å². The van der Waals surface area contributed by atoms with E-state index in [2.05, 4.69) is 17.6 Å². The molecular formula is C12H24N2O3. The summed E-state index contributed by atoms with van der Waals surface area (Å²) in [7, 11) is 0. The van der Waals surface area contributed by atoms with Crippen LogP contribution in [0.4, 0.5) is 4.79 Å². The van der Waals surface area contributed by atoms with E-state index in [1.165, 1.54) is 0 Å². The first kappa shape index (κ1) is 15.7. The van der Waals surface area contributed by atoms with Gasteiger partial charge in [-0.2, -0.15) is 0 Å². The summed E-state index contributed by atoms with van der Waals surface area (Å²) in [6.07, 6.45) is 4.33. The van der Waals surface area contributed by atoms with Gasteiger partial charge in [0, 0.05) is 6.54 Å². The average molecular weight is 244 g/mol.